The number of carbonyl (C=O) groups excluding carboxylic acids is 2. The molecule has 0 radical (unpaired) electrons. The number of rotatable bonds is 5. The molecule has 0 atom stereocenters. The highest BCUT2D eigenvalue weighted by Gasteiger charge is 2.31. The van der Waals surface area contributed by atoms with Gasteiger partial charge >= 0.3 is 12.1 Å². The topological polar surface area (TPSA) is 92.5 Å². The molecular formula is C26H25N3O5. The zero-order valence-electron chi connectivity index (χ0n) is 19.4. The monoisotopic (exact) mass is 459 g/mol. The average Bonchev–Trinajstić information content (AvgIpc) is 3.17. The summed E-state index contributed by atoms with van der Waals surface area (Å²) in [5.41, 5.74) is 1.14. The number of pyridine rings is 1. The summed E-state index contributed by atoms with van der Waals surface area (Å²) in [6.45, 7) is 7.07. The van der Waals surface area contributed by atoms with Crippen molar-refractivity contribution in [3.8, 4) is 22.8 Å². The molecular weight excluding hydrogens is 434 g/mol. The lowest BCUT2D eigenvalue weighted by Gasteiger charge is -2.19. The van der Waals surface area contributed by atoms with Crippen molar-refractivity contribution in [1.29, 1.82) is 0 Å². The lowest BCUT2D eigenvalue weighted by molar-refractivity contribution is 0.0192. The quantitative estimate of drug-likeness (QED) is 0.360. The summed E-state index contributed by atoms with van der Waals surface area (Å²) in [5, 5.41) is 5.40. The van der Waals surface area contributed by atoms with Crippen LogP contribution in [0.25, 0.3) is 27.8 Å². The Balaban J connectivity index is 1.95. The standard InChI is InChI=1S/C26H25N3O5/c1-5-32-24(30)22-21(20-16-15-17-11-9-10-14-19(17)27-20)23(33-25(31)34-26(2,3)4)29(28-22)18-12-7-6-8-13-18/h6-16H,5H2,1-4H3. The van der Waals surface area contributed by atoms with Gasteiger partial charge in [-0.3, -0.25) is 0 Å². The Hall–Kier alpha value is -4.20. The molecule has 174 valence electrons. The number of para-hydroxylation sites is 2. The summed E-state index contributed by atoms with van der Waals surface area (Å²) < 4.78 is 17.7. The van der Waals surface area contributed by atoms with Crippen molar-refractivity contribution in [1.82, 2.24) is 14.8 Å². The zero-order chi connectivity index (χ0) is 24.3. The minimum atomic E-state index is -0.929. The lowest BCUT2D eigenvalue weighted by atomic mass is 10.1. The van der Waals surface area contributed by atoms with Crippen molar-refractivity contribution in [3.63, 3.8) is 0 Å². The van der Waals surface area contributed by atoms with E-state index < -0.39 is 17.7 Å². The predicted molar refractivity (Wildman–Crippen MR) is 127 cm³/mol. The molecule has 0 N–H and O–H groups in total. The van der Waals surface area contributed by atoms with Gasteiger partial charge in [0.25, 0.3) is 0 Å². The van der Waals surface area contributed by atoms with Crippen LogP contribution in [-0.4, -0.2) is 39.1 Å². The predicted octanol–water partition coefficient (Wildman–Crippen LogP) is 5.58. The first-order valence-corrected chi connectivity index (χ1v) is 10.9. The molecule has 0 aliphatic rings. The van der Waals surface area contributed by atoms with Crippen LogP contribution in [0.3, 0.4) is 0 Å². The molecule has 4 aromatic rings. The normalized spacial score (nSPS) is 11.3. The van der Waals surface area contributed by atoms with Crippen molar-refractivity contribution in [2.24, 2.45) is 0 Å². The van der Waals surface area contributed by atoms with Crippen molar-refractivity contribution in [2.75, 3.05) is 6.61 Å². The number of esters is 1. The molecule has 2 heterocycles. The van der Waals surface area contributed by atoms with Crippen LogP contribution in [0.2, 0.25) is 0 Å². The molecule has 0 bridgehead atoms. The smallest absolute Gasteiger partial charge is 0.461 e. The van der Waals surface area contributed by atoms with Crippen LogP contribution in [-0.2, 0) is 9.47 Å². The lowest BCUT2D eigenvalue weighted by Crippen LogP contribution is -2.26. The van der Waals surface area contributed by atoms with Gasteiger partial charge in [-0.25, -0.2) is 14.6 Å². The Morgan fingerprint density at radius 2 is 1.65 bits per heavy atom. The van der Waals surface area contributed by atoms with Gasteiger partial charge in [0.05, 0.1) is 29.1 Å². The molecule has 0 aliphatic carbocycles. The number of aromatic nitrogens is 3. The first-order chi connectivity index (χ1) is 16.3. The molecule has 0 amide bonds. The van der Waals surface area contributed by atoms with Crippen LogP contribution in [0.1, 0.15) is 38.2 Å². The van der Waals surface area contributed by atoms with Gasteiger partial charge in [0.15, 0.2) is 5.69 Å². The second kappa shape index (κ2) is 9.35. The molecule has 2 aromatic heterocycles. The van der Waals surface area contributed by atoms with E-state index in [1.54, 1.807) is 45.9 Å². The molecule has 0 unspecified atom stereocenters. The van der Waals surface area contributed by atoms with Gasteiger partial charge in [-0.05, 0) is 52.0 Å². The van der Waals surface area contributed by atoms with E-state index in [0.29, 0.717) is 16.9 Å². The van der Waals surface area contributed by atoms with Crippen molar-refractivity contribution in [3.05, 3.63) is 72.4 Å². The van der Waals surface area contributed by atoms with E-state index in [1.807, 2.05) is 48.5 Å². The Morgan fingerprint density at radius 1 is 0.941 bits per heavy atom. The molecule has 8 heteroatoms. The van der Waals surface area contributed by atoms with Gasteiger partial charge < -0.3 is 14.2 Å². The third-order valence-electron chi connectivity index (χ3n) is 4.74. The molecule has 0 saturated heterocycles. The zero-order valence-corrected chi connectivity index (χ0v) is 19.4. The highest BCUT2D eigenvalue weighted by Crippen LogP contribution is 2.36. The summed E-state index contributed by atoms with van der Waals surface area (Å²) in [4.78, 5) is 30.3. The highest BCUT2D eigenvalue weighted by atomic mass is 16.7. The maximum atomic E-state index is 12.9. The summed E-state index contributed by atoms with van der Waals surface area (Å²) in [5.74, 6) is -0.650. The van der Waals surface area contributed by atoms with Gasteiger partial charge in [-0.2, -0.15) is 9.78 Å². The van der Waals surface area contributed by atoms with E-state index in [2.05, 4.69) is 5.10 Å². The summed E-state index contributed by atoms with van der Waals surface area (Å²) >= 11 is 0. The molecule has 0 fully saturated rings. The fraction of sp³-hybridized carbons (Fsp3) is 0.231. The second-order valence-corrected chi connectivity index (χ2v) is 8.45. The van der Waals surface area contributed by atoms with Crippen LogP contribution in [0.5, 0.6) is 5.88 Å². The van der Waals surface area contributed by atoms with Crippen LogP contribution < -0.4 is 4.74 Å². The Labute approximate surface area is 197 Å². The number of nitrogens with zero attached hydrogens (tertiary/aromatic N) is 3. The van der Waals surface area contributed by atoms with E-state index in [-0.39, 0.29) is 23.7 Å². The van der Waals surface area contributed by atoms with Crippen LogP contribution in [0, 0.1) is 0 Å². The molecule has 0 spiro atoms. The minimum absolute atomic E-state index is 0.00582. The largest absolute Gasteiger partial charge is 0.515 e. The van der Waals surface area contributed by atoms with Crippen LogP contribution >= 0.6 is 0 Å². The third kappa shape index (κ3) is 4.91. The van der Waals surface area contributed by atoms with E-state index in [0.717, 1.165) is 5.39 Å². The van der Waals surface area contributed by atoms with Crippen molar-refractivity contribution in [2.45, 2.75) is 33.3 Å². The van der Waals surface area contributed by atoms with Gasteiger partial charge in [-0.15, -0.1) is 0 Å². The third-order valence-corrected chi connectivity index (χ3v) is 4.74. The van der Waals surface area contributed by atoms with E-state index in [1.165, 1.54) is 4.68 Å². The maximum absolute atomic E-state index is 12.9. The fourth-order valence-corrected chi connectivity index (χ4v) is 3.37. The molecule has 4 rings (SSSR count). The van der Waals surface area contributed by atoms with Gasteiger partial charge in [0.2, 0.25) is 5.88 Å². The molecule has 34 heavy (non-hydrogen) atoms. The number of carbonyl (C=O) groups is 2. The van der Waals surface area contributed by atoms with E-state index >= 15 is 0 Å². The number of ether oxygens (including phenoxy) is 3. The highest BCUT2D eigenvalue weighted by molar-refractivity contribution is 5.98. The van der Waals surface area contributed by atoms with Gasteiger partial charge in [0, 0.05) is 5.39 Å². The number of fused-ring (bicyclic) bond motifs is 1. The SMILES string of the molecule is CCOC(=O)c1nn(-c2ccccc2)c(OC(=O)OC(C)(C)C)c1-c1ccc2ccccc2n1. The summed E-state index contributed by atoms with van der Waals surface area (Å²) in [7, 11) is 0. The number of hydrogen-bond acceptors (Lipinski definition) is 7. The Kier molecular flexibility index (Phi) is 6.32. The molecule has 0 saturated carbocycles. The van der Waals surface area contributed by atoms with Crippen molar-refractivity contribution >= 4 is 23.0 Å². The number of benzene rings is 2. The number of hydrogen-bond donors (Lipinski definition) is 0. The van der Waals surface area contributed by atoms with Crippen LogP contribution in [0.4, 0.5) is 4.79 Å². The fourth-order valence-electron chi connectivity index (χ4n) is 3.37. The van der Waals surface area contributed by atoms with E-state index in [9.17, 15) is 9.59 Å². The second-order valence-electron chi connectivity index (χ2n) is 8.45. The molecule has 0 aliphatic heterocycles. The average molecular weight is 460 g/mol. The molecule has 2 aromatic carbocycles. The van der Waals surface area contributed by atoms with Crippen molar-refractivity contribution < 1.29 is 23.8 Å². The molecule has 8 nitrogen and oxygen atoms in total. The first kappa shape index (κ1) is 23.0. The summed E-state index contributed by atoms with van der Waals surface area (Å²) in [6.07, 6.45) is -0.929. The Morgan fingerprint density at radius 3 is 2.35 bits per heavy atom. The Bertz CT molecular complexity index is 1340. The minimum Gasteiger partial charge on any atom is -0.461 e. The van der Waals surface area contributed by atoms with Crippen LogP contribution in [0.15, 0.2) is 66.7 Å². The van der Waals surface area contributed by atoms with Gasteiger partial charge in [-0.1, -0.05) is 42.5 Å². The van der Waals surface area contributed by atoms with Gasteiger partial charge in [0.1, 0.15) is 5.60 Å². The van der Waals surface area contributed by atoms with E-state index in [4.69, 9.17) is 19.2 Å². The summed E-state index contributed by atoms with van der Waals surface area (Å²) in [6, 6.07) is 20.2. The maximum Gasteiger partial charge on any atom is 0.515 e. The first-order valence-electron chi connectivity index (χ1n) is 10.9.